The summed E-state index contributed by atoms with van der Waals surface area (Å²) in [6, 6.07) is 6.83. The molecular formula is C15H16ClNO3. The maximum absolute atomic E-state index is 12.3. The summed E-state index contributed by atoms with van der Waals surface area (Å²) in [4.78, 5) is 24.0. The predicted molar refractivity (Wildman–Crippen MR) is 77.5 cm³/mol. The first-order valence-corrected chi connectivity index (χ1v) is 6.70. The lowest BCUT2D eigenvalue weighted by atomic mass is 9.95. The van der Waals surface area contributed by atoms with Gasteiger partial charge in [-0.3, -0.25) is 9.59 Å². The molecule has 0 aliphatic heterocycles. The Morgan fingerprint density at radius 3 is 2.45 bits per heavy atom. The summed E-state index contributed by atoms with van der Waals surface area (Å²) in [6.07, 6.45) is 1.02. The van der Waals surface area contributed by atoms with E-state index in [0.717, 1.165) is 5.57 Å². The fourth-order valence-electron chi connectivity index (χ4n) is 2.43. The van der Waals surface area contributed by atoms with Crippen molar-refractivity contribution in [2.45, 2.75) is 12.8 Å². The van der Waals surface area contributed by atoms with Crippen LogP contribution < -0.4 is 5.32 Å². The van der Waals surface area contributed by atoms with Crippen LogP contribution in [0.1, 0.15) is 12.8 Å². The van der Waals surface area contributed by atoms with Crippen LogP contribution in [-0.4, -0.2) is 19.0 Å². The van der Waals surface area contributed by atoms with Gasteiger partial charge in [0.05, 0.1) is 18.9 Å². The molecule has 0 unspecified atom stereocenters. The van der Waals surface area contributed by atoms with Gasteiger partial charge in [-0.2, -0.15) is 0 Å². The Kier molecular flexibility index (Phi) is 4.45. The number of benzene rings is 1. The summed E-state index contributed by atoms with van der Waals surface area (Å²) in [5.41, 5.74) is 1.55. The first kappa shape index (κ1) is 14.6. The summed E-state index contributed by atoms with van der Waals surface area (Å²) in [7, 11) is 1.33. The van der Waals surface area contributed by atoms with Gasteiger partial charge in [-0.05, 0) is 37.1 Å². The predicted octanol–water partition coefficient (Wildman–Crippen LogP) is 3.03. The van der Waals surface area contributed by atoms with E-state index >= 15 is 0 Å². The topological polar surface area (TPSA) is 55.4 Å². The number of allylic oxidation sites excluding steroid dienone is 1. The Labute approximate surface area is 122 Å². The highest BCUT2D eigenvalue weighted by Gasteiger charge is 2.40. The van der Waals surface area contributed by atoms with Gasteiger partial charge in [0.1, 0.15) is 0 Å². The standard InChI is InChI=1S/C15H16ClNO3/c1-9-7-12(13(8-9)15(19)20-2)14(18)17-11-5-3-10(16)4-6-11/h3-6,12-13H,1,7-8H2,2H3,(H,17,18)/t12-,13-/m1/s1. The first-order chi connectivity index (χ1) is 9.51. The Hall–Kier alpha value is -1.81. The average Bonchev–Trinajstić information content (AvgIpc) is 2.82. The zero-order valence-corrected chi connectivity index (χ0v) is 11.9. The smallest absolute Gasteiger partial charge is 0.309 e. The van der Waals surface area contributed by atoms with Crippen LogP contribution in [0.25, 0.3) is 0 Å². The molecule has 1 aromatic carbocycles. The zero-order valence-electron chi connectivity index (χ0n) is 11.2. The van der Waals surface area contributed by atoms with Crippen molar-refractivity contribution in [3.63, 3.8) is 0 Å². The molecule has 2 atom stereocenters. The van der Waals surface area contributed by atoms with Crippen LogP contribution in [-0.2, 0) is 14.3 Å². The number of rotatable bonds is 3. The van der Waals surface area contributed by atoms with E-state index in [9.17, 15) is 9.59 Å². The van der Waals surface area contributed by atoms with Gasteiger partial charge in [-0.15, -0.1) is 0 Å². The number of hydrogen-bond donors (Lipinski definition) is 1. The van der Waals surface area contributed by atoms with Crippen molar-refractivity contribution >= 4 is 29.2 Å². The van der Waals surface area contributed by atoms with E-state index in [1.165, 1.54) is 7.11 Å². The highest BCUT2D eigenvalue weighted by Crippen LogP contribution is 2.36. The molecule has 0 saturated heterocycles. The maximum Gasteiger partial charge on any atom is 0.309 e. The lowest BCUT2D eigenvalue weighted by molar-refractivity contribution is -0.148. The van der Waals surface area contributed by atoms with E-state index in [0.29, 0.717) is 23.6 Å². The van der Waals surface area contributed by atoms with Crippen molar-refractivity contribution in [2.24, 2.45) is 11.8 Å². The molecule has 1 aliphatic carbocycles. The number of carbonyl (C=O) groups is 2. The molecule has 0 heterocycles. The van der Waals surface area contributed by atoms with Crippen molar-refractivity contribution in [3.8, 4) is 0 Å². The molecule has 0 spiro atoms. The number of ether oxygens (including phenoxy) is 1. The van der Waals surface area contributed by atoms with E-state index in [1.54, 1.807) is 24.3 Å². The molecule has 4 nitrogen and oxygen atoms in total. The molecule has 2 rings (SSSR count). The van der Waals surface area contributed by atoms with E-state index in [4.69, 9.17) is 16.3 Å². The average molecular weight is 294 g/mol. The van der Waals surface area contributed by atoms with Gasteiger partial charge in [0.15, 0.2) is 0 Å². The van der Waals surface area contributed by atoms with Gasteiger partial charge >= 0.3 is 5.97 Å². The van der Waals surface area contributed by atoms with Crippen LogP contribution in [0, 0.1) is 11.8 Å². The fraction of sp³-hybridized carbons (Fsp3) is 0.333. The van der Waals surface area contributed by atoms with Crippen LogP contribution in [0.3, 0.4) is 0 Å². The lowest BCUT2D eigenvalue weighted by Crippen LogP contribution is -2.30. The third kappa shape index (κ3) is 3.20. The molecule has 0 radical (unpaired) electrons. The molecule has 5 heteroatoms. The summed E-state index contributed by atoms with van der Waals surface area (Å²) in [5, 5.41) is 3.40. The fourth-order valence-corrected chi connectivity index (χ4v) is 2.56. The number of nitrogens with one attached hydrogen (secondary N) is 1. The Morgan fingerprint density at radius 1 is 1.25 bits per heavy atom. The quantitative estimate of drug-likeness (QED) is 0.688. The monoisotopic (exact) mass is 293 g/mol. The molecule has 1 amide bonds. The minimum Gasteiger partial charge on any atom is -0.469 e. The molecule has 0 aromatic heterocycles. The van der Waals surface area contributed by atoms with Gasteiger partial charge < -0.3 is 10.1 Å². The van der Waals surface area contributed by atoms with Crippen LogP contribution in [0.2, 0.25) is 5.02 Å². The lowest BCUT2D eigenvalue weighted by Gasteiger charge is -2.16. The molecule has 1 saturated carbocycles. The normalized spacial score (nSPS) is 21.6. The van der Waals surface area contributed by atoms with Gasteiger partial charge in [0.25, 0.3) is 0 Å². The SMILES string of the molecule is C=C1C[C@@H](C(=O)Nc2ccc(Cl)cc2)[C@H](C(=O)OC)C1. The Morgan fingerprint density at radius 2 is 1.85 bits per heavy atom. The Bertz CT molecular complexity index is 539. The third-order valence-corrected chi connectivity index (χ3v) is 3.71. The number of halogens is 1. The molecule has 1 aliphatic rings. The summed E-state index contributed by atoms with van der Waals surface area (Å²) >= 11 is 5.79. The molecule has 20 heavy (non-hydrogen) atoms. The van der Waals surface area contributed by atoms with Crippen molar-refractivity contribution < 1.29 is 14.3 Å². The minimum atomic E-state index is -0.445. The number of anilines is 1. The van der Waals surface area contributed by atoms with Crippen molar-refractivity contribution in [1.82, 2.24) is 0 Å². The zero-order chi connectivity index (χ0) is 14.7. The van der Waals surface area contributed by atoms with Crippen LogP contribution in [0.15, 0.2) is 36.4 Å². The minimum absolute atomic E-state index is 0.193. The second-order valence-corrected chi connectivity index (χ2v) is 5.33. The second kappa shape index (κ2) is 6.09. The van der Waals surface area contributed by atoms with Crippen molar-refractivity contribution in [2.75, 3.05) is 12.4 Å². The van der Waals surface area contributed by atoms with Gasteiger partial charge in [0, 0.05) is 10.7 Å². The number of esters is 1. The molecule has 1 N–H and O–H groups in total. The summed E-state index contributed by atoms with van der Waals surface area (Å²) in [5.74, 6) is -1.42. The molecule has 1 fully saturated rings. The number of amides is 1. The number of methoxy groups -OCH3 is 1. The molecule has 0 bridgehead atoms. The van der Waals surface area contributed by atoms with Crippen molar-refractivity contribution in [3.05, 3.63) is 41.4 Å². The van der Waals surface area contributed by atoms with Gasteiger partial charge in [-0.25, -0.2) is 0 Å². The maximum atomic E-state index is 12.3. The third-order valence-electron chi connectivity index (χ3n) is 3.46. The second-order valence-electron chi connectivity index (χ2n) is 4.89. The molecular weight excluding hydrogens is 278 g/mol. The Balaban J connectivity index is 2.09. The van der Waals surface area contributed by atoms with E-state index in [-0.39, 0.29) is 11.9 Å². The highest BCUT2D eigenvalue weighted by atomic mass is 35.5. The van der Waals surface area contributed by atoms with E-state index in [2.05, 4.69) is 11.9 Å². The highest BCUT2D eigenvalue weighted by molar-refractivity contribution is 6.30. The number of hydrogen-bond acceptors (Lipinski definition) is 3. The van der Waals surface area contributed by atoms with E-state index < -0.39 is 11.8 Å². The van der Waals surface area contributed by atoms with Crippen molar-refractivity contribution in [1.29, 1.82) is 0 Å². The van der Waals surface area contributed by atoms with Crippen LogP contribution >= 0.6 is 11.6 Å². The van der Waals surface area contributed by atoms with E-state index in [1.807, 2.05) is 0 Å². The van der Waals surface area contributed by atoms with Crippen LogP contribution in [0.5, 0.6) is 0 Å². The van der Waals surface area contributed by atoms with Crippen LogP contribution in [0.4, 0.5) is 5.69 Å². The summed E-state index contributed by atoms with van der Waals surface area (Å²) in [6.45, 7) is 3.87. The first-order valence-electron chi connectivity index (χ1n) is 6.32. The largest absolute Gasteiger partial charge is 0.469 e. The van der Waals surface area contributed by atoms with Gasteiger partial charge in [-0.1, -0.05) is 23.8 Å². The molecule has 106 valence electrons. The number of carbonyl (C=O) groups excluding carboxylic acids is 2. The van der Waals surface area contributed by atoms with Gasteiger partial charge in [0.2, 0.25) is 5.91 Å². The summed E-state index contributed by atoms with van der Waals surface area (Å²) < 4.78 is 4.75. The molecule has 1 aromatic rings.